The molecule has 2 rings (SSSR count). The quantitative estimate of drug-likeness (QED) is 0.661. The second kappa shape index (κ2) is 7.83. The zero-order valence-corrected chi connectivity index (χ0v) is 13.7. The van der Waals surface area contributed by atoms with E-state index in [9.17, 15) is 0 Å². The molecule has 0 aliphatic carbocycles. The molecule has 0 atom stereocenters. The van der Waals surface area contributed by atoms with Gasteiger partial charge in [-0.05, 0) is 24.1 Å². The highest BCUT2D eigenvalue weighted by Crippen LogP contribution is 2.19. The highest BCUT2D eigenvalue weighted by molar-refractivity contribution is 9.09. The van der Waals surface area contributed by atoms with E-state index < -0.39 is 0 Å². The van der Waals surface area contributed by atoms with E-state index in [0.717, 1.165) is 31.4 Å². The Balaban J connectivity index is 1.99. The maximum absolute atomic E-state index is 3.56. The van der Waals surface area contributed by atoms with Crippen LogP contribution in [0.1, 0.15) is 22.2 Å². The minimum Gasteiger partial charge on any atom is -0.293 e. The average molecular weight is 338 g/mol. The zero-order valence-electron chi connectivity index (χ0n) is 11.3. The zero-order chi connectivity index (χ0) is 13.5. The number of hydrogen-bond acceptors (Lipinski definition) is 2. The Bertz CT molecular complexity index is 481. The molecule has 1 nitrogen and oxygen atoms in total. The molecular formula is C16H20BrNS. The van der Waals surface area contributed by atoms with Crippen LogP contribution in [0.5, 0.6) is 0 Å². The van der Waals surface area contributed by atoms with Gasteiger partial charge in [0.1, 0.15) is 0 Å². The van der Waals surface area contributed by atoms with Gasteiger partial charge in [0.2, 0.25) is 0 Å². The molecule has 1 heterocycles. The Kier molecular flexibility index (Phi) is 6.08. The van der Waals surface area contributed by atoms with E-state index in [4.69, 9.17) is 0 Å². The van der Waals surface area contributed by atoms with Crippen LogP contribution < -0.4 is 0 Å². The molecule has 102 valence electrons. The van der Waals surface area contributed by atoms with Crippen molar-refractivity contribution in [1.29, 1.82) is 0 Å². The van der Waals surface area contributed by atoms with Crippen molar-refractivity contribution >= 4 is 27.3 Å². The van der Waals surface area contributed by atoms with Crippen LogP contribution in [-0.2, 0) is 19.5 Å². The lowest BCUT2D eigenvalue weighted by molar-refractivity contribution is 0.277. The fraction of sp³-hybridized carbons (Fsp3) is 0.375. The van der Waals surface area contributed by atoms with E-state index in [2.05, 4.69) is 70.2 Å². The number of hydrogen-bond donors (Lipinski definition) is 0. The number of rotatable bonds is 7. The maximum atomic E-state index is 3.56. The van der Waals surface area contributed by atoms with Crippen molar-refractivity contribution in [2.75, 3.05) is 11.9 Å². The lowest BCUT2D eigenvalue weighted by Gasteiger charge is -2.20. The lowest BCUT2D eigenvalue weighted by atomic mass is 10.2. The molecule has 0 saturated heterocycles. The number of thiophene rings is 1. The van der Waals surface area contributed by atoms with Crippen molar-refractivity contribution in [2.45, 2.75) is 26.4 Å². The molecule has 0 fully saturated rings. The minimum atomic E-state index is 1.02. The average Bonchev–Trinajstić information content (AvgIpc) is 2.88. The topological polar surface area (TPSA) is 3.24 Å². The van der Waals surface area contributed by atoms with Gasteiger partial charge in [0.25, 0.3) is 0 Å². The first-order valence-electron chi connectivity index (χ1n) is 6.71. The Morgan fingerprint density at radius 1 is 1.00 bits per heavy atom. The summed E-state index contributed by atoms with van der Waals surface area (Å²) >= 11 is 5.50. The summed E-state index contributed by atoms with van der Waals surface area (Å²) in [5.41, 5.74) is 1.38. The number of aryl methyl sites for hydroxylation is 1. The van der Waals surface area contributed by atoms with Gasteiger partial charge in [0.15, 0.2) is 0 Å². The number of alkyl halides is 1. The Morgan fingerprint density at radius 3 is 2.37 bits per heavy atom. The van der Waals surface area contributed by atoms with Crippen molar-refractivity contribution in [3.05, 3.63) is 57.8 Å². The summed E-state index contributed by atoms with van der Waals surface area (Å²) < 4.78 is 0. The molecule has 0 aliphatic heterocycles. The second-order valence-electron chi connectivity index (χ2n) is 4.61. The summed E-state index contributed by atoms with van der Waals surface area (Å²) in [7, 11) is 0. The molecule has 0 spiro atoms. The van der Waals surface area contributed by atoms with Crippen molar-refractivity contribution in [3.8, 4) is 0 Å². The first-order valence-corrected chi connectivity index (χ1v) is 8.65. The smallest absolute Gasteiger partial charge is 0.0331 e. The van der Waals surface area contributed by atoms with Crippen molar-refractivity contribution < 1.29 is 0 Å². The lowest BCUT2D eigenvalue weighted by Crippen LogP contribution is -2.24. The van der Waals surface area contributed by atoms with Crippen LogP contribution in [0.3, 0.4) is 0 Å². The van der Waals surface area contributed by atoms with E-state index in [0.29, 0.717) is 0 Å². The van der Waals surface area contributed by atoms with Crippen molar-refractivity contribution in [2.24, 2.45) is 0 Å². The summed E-state index contributed by atoms with van der Waals surface area (Å²) in [6.45, 7) is 5.36. The third kappa shape index (κ3) is 4.75. The fourth-order valence-corrected chi connectivity index (χ4v) is 3.59. The first-order chi connectivity index (χ1) is 9.31. The molecule has 0 unspecified atom stereocenters. The van der Waals surface area contributed by atoms with Gasteiger partial charge < -0.3 is 0 Å². The normalized spacial score (nSPS) is 11.1. The van der Waals surface area contributed by atoms with Gasteiger partial charge >= 0.3 is 0 Å². The number of halogens is 1. The highest BCUT2D eigenvalue weighted by atomic mass is 79.9. The molecule has 0 N–H and O–H groups in total. The Hall–Kier alpha value is -0.640. The van der Waals surface area contributed by atoms with Gasteiger partial charge in [-0.3, -0.25) is 4.90 Å². The van der Waals surface area contributed by atoms with Crippen LogP contribution in [0.15, 0.2) is 42.5 Å². The molecule has 0 aliphatic rings. The molecule has 0 radical (unpaired) electrons. The Labute approximate surface area is 128 Å². The van der Waals surface area contributed by atoms with Crippen molar-refractivity contribution in [1.82, 2.24) is 4.90 Å². The molecule has 3 heteroatoms. The van der Waals surface area contributed by atoms with Crippen molar-refractivity contribution in [3.63, 3.8) is 0 Å². The van der Waals surface area contributed by atoms with E-state index >= 15 is 0 Å². The van der Waals surface area contributed by atoms with Crippen LogP contribution in [-0.4, -0.2) is 16.8 Å². The van der Waals surface area contributed by atoms with Crippen LogP contribution in [0.25, 0.3) is 0 Å². The van der Waals surface area contributed by atoms with E-state index in [1.165, 1.54) is 15.3 Å². The highest BCUT2D eigenvalue weighted by Gasteiger charge is 2.08. The Morgan fingerprint density at radius 2 is 1.74 bits per heavy atom. The van der Waals surface area contributed by atoms with Gasteiger partial charge in [0, 0.05) is 34.7 Å². The number of nitrogens with zero attached hydrogens (tertiary/aromatic N) is 1. The second-order valence-corrected chi connectivity index (χ2v) is 6.65. The molecule has 0 saturated carbocycles. The summed E-state index contributed by atoms with van der Waals surface area (Å²) in [5, 5.41) is 1.02. The van der Waals surface area contributed by atoms with E-state index in [1.807, 2.05) is 11.3 Å². The summed E-state index contributed by atoms with van der Waals surface area (Å²) in [6, 6.07) is 15.2. The molecular weight excluding hydrogens is 318 g/mol. The molecule has 0 amide bonds. The van der Waals surface area contributed by atoms with Crippen LogP contribution >= 0.6 is 27.3 Å². The van der Waals surface area contributed by atoms with Gasteiger partial charge in [-0.1, -0.05) is 53.2 Å². The third-order valence-corrected chi connectivity index (χ3v) is 4.66. The van der Waals surface area contributed by atoms with E-state index in [-0.39, 0.29) is 0 Å². The van der Waals surface area contributed by atoms with Gasteiger partial charge in [-0.25, -0.2) is 0 Å². The predicted octanol–water partition coefficient (Wildman–Crippen LogP) is 4.71. The largest absolute Gasteiger partial charge is 0.293 e. The fourth-order valence-electron chi connectivity index (χ4n) is 2.09. The first kappa shape index (κ1) is 14.8. The third-order valence-electron chi connectivity index (χ3n) is 3.09. The maximum Gasteiger partial charge on any atom is 0.0331 e. The SMILES string of the molecule is CCc1ccc(CN(CCBr)Cc2ccccc2)s1. The summed E-state index contributed by atoms with van der Waals surface area (Å²) in [4.78, 5) is 5.44. The number of benzene rings is 1. The predicted molar refractivity (Wildman–Crippen MR) is 88.0 cm³/mol. The standard InChI is InChI=1S/C16H20BrNS/c1-2-15-8-9-16(19-15)13-18(11-10-17)12-14-6-4-3-5-7-14/h3-9H,2,10-13H2,1H3. The van der Waals surface area contributed by atoms with Gasteiger partial charge in [0.05, 0.1) is 0 Å². The minimum absolute atomic E-state index is 1.02. The molecule has 0 bridgehead atoms. The van der Waals surface area contributed by atoms with Crippen LogP contribution in [0.4, 0.5) is 0 Å². The monoisotopic (exact) mass is 337 g/mol. The molecule has 1 aromatic heterocycles. The van der Waals surface area contributed by atoms with Crippen LogP contribution in [0.2, 0.25) is 0 Å². The summed E-state index contributed by atoms with van der Waals surface area (Å²) in [6.07, 6.45) is 1.14. The molecule has 1 aromatic carbocycles. The van der Waals surface area contributed by atoms with Gasteiger partial charge in [-0.2, -0.15) is 0 Å². The molecule has 19 heavy (non-hydrogen) atoms. The summed E-state index contributed by atoms with van der Waals surface area (Å²) in [5.74, 6) is 0. The van der Waals surface area contributed by atoms with Crippen LogP contribution in [0, 0.1) is 0 Å². The van der Waals surface area contributed by atoms with Gasteiger partial charge in [-0.15, -0.1) is 11.3 Å². The molecule has 2 aromatic rings. The van der Waals surface area contributed by atoms with E-state index in [1.54, 1.807) is 0 Å².